The molecule has 0 radical (unpaired) electrons. The Hall–Kier alpha value is -1.00. The lowest BCUT2D eigenvalue weighted by Gasteiger charge is -2.33. The number of hydrogen-bond donors (Lipinski definition) is 1. The molecule has 0 bridgehead atoms. The van der Waals surface area contributed by atoms with E-state index in [0.29, 0.717) is 6.54 Å². The first kappa shape index (κ1) is 16.1. The third-order valence-electron chi connectivity index (χ3n) is 3.03. The Morgan fingerprint density at radius 1 is 1.21 bits per heavy atom. The van der Waals surface area contributed by atoms with Gasteiger partial charge in [-0.25, -0.2) is 8.78 Å². The first-order valence-corrected chi connectivity index (χ1v) is 6.53. The lowest BCUT2D eigenvalue weighted by atomic mass is 9.94. The quantitative estimate of drug-likeness (QED) is 0.885. The van der Waals surface area contributed by atoms with Crippen LogP contribution >= 0.6 is 0 Å². The molecule has 0 fully saturated rings. The normalized spacial score (nSPS) is 14.2. The Bertz CT molecular complexity index is 399. The number of hydrogen-bond acceptors (Lipinski definition) is 2. The van der Waals surface area contributed by atoms with Crippen LogP contribution in [0.25, 0.3) is 0 Å². The highest BCUT2D eigenvalue weighted by Gasteiger charge is 2.21. The molecule has 0 saturated heterocycles. The van der Waals surface area contributed by atoms with Gasteiger partial charge in [0.1, 0.15) is 0 Å². The fourth-order valence-corrected chi connectivity index (χ4v) is 2.33. The van der Waals surface area contributed by atoms with Crippen molar-refractivity contribution in [2.24, 2.45) is 11.1 Å². The first-order chi connectivity index (χ1) is 8.74. The molecule has 1 atom stereocenters. The molecule has 0 aliphatic carbocycles. The van der Waals surface area contributed by atoms with Crippen molar-refractivity contribution in [1.82, 2.24) is 4.90 Å². The summed E-state index contributed by atoms with van der Waals surface area (Å²) in [6, 6.07) is 6.51. The third-order valence-corrected chi connectivity index (χ3v) is 3.03. The molecule has 1 aromatic carbocycles. The van der Waals surface area contributed by atoms with Gasteiger partial charge in [-0.1, -0.05) is 39.0 Å². The van der Waals surface area contributed by atoms with E-state index in [1.54, 1.807) is 12.1 Å². The lowest BCUT2D eigenvalue weighted by molar-refractivity contribution is 0.150. The van der Waals surface area contributed by atoms with Gasteiger partial charge in [0.05, 0.1) is 0 Å². The van der Waals surface area contributed by atoms with Gasteiger partial charge in [0.2, 0.25) is 0 Å². The van der Waals surface area contributed by atoms with E-state index in [0.717, 1.165) is 12.1 Å². The van der Waals surface area contributed by atoms with Crippen LogP contribution in [0.5, 0.6) is 0 Å². The van der Waals surface area contributed by atoms with Crippen molar-refractivity contribution in [1.29, 1.82) is 0 Å². The van der Waals surface area contributed by atoms with Gasteiger partial charge in [0, 0.05) is 24.7 Å². The molecule has 0 saturated carbocycles. The zero-order chi connectivity index (χ0) is 14.6. The number of nitrogens with zero attached hydrogens (tertiary/aromatic N) is 1. The molecule has 1 rings (SSSR count). The van der Waals surface area contributed by atoms with Crippen LogP contribution < -0.4 is 5.73 Å². The van der Waals surface area contributed by atoms with Crippen LogP contribution in [0.15, 0.2) is 24.3 Å². The zero-order valence-electron chi connectivity index (χ0n) is 12.2. The molecular weight excluding hydrogens is 246 g/mol. The van der Waals surface area contributed by atoms with E-state index in [1.165, 1.54) is 6.07 Å². The monoisotopic (exact) mass is 270 g/mol. The highest BCUT2D eigenvalue weighted by molar-refractivity contribution is 5.27. The summed E-state index contributed by atoms with van der Waals surface area (Å²) in [7, 11) is 1.98. The molecule has 0 amide bonds. The average Bonchev–Trinajstić information content (AvgIpc) is 2.27. The van der Waals surface area contributed by atoms with Crippen LogP contribution in [0.3, 0.4) is 0 Å². The van der Waals surface area contributed by atoms with Crippen LogP contribution in [0.2, 0.25) is 0 Å². The molecular formula is C15H24F2N2. The van der Waals surface area contributed by atoms with Gasteiger partial charge < -0.3 is 5.73 Å². The van der Waals surface area contributed by atoms with E-state index in [4.69, 9.17) is 5.73 Å². The van der Waals surface area contributed by atoms with Crippen molar-refractivity contribution in [2.75, 3.05) is 20.1 Å². The van der Waals surface area contributed by atoms with E-state index in [9.17, 15) is 8.78 Å². The summed E-state index contributed by atoms with van der Waals surface area (Å²) in [4.78, 5) is 2.13. The maximum atomic E-state index is 12.7. The third kappa shape index (κ3) is 4.88. The van der Waals surface area contributed by atoms with Gasteiger partial charge in [-0.3, -0.25) is 4.90 Å². The van der Waals surface area contributed by atoms with Crippen LogP contribution in [-0.2, 0) is 0 Å². The molecule has 1 aromatic rings. The fourth-order valence-electron chi connectivity index (χ4n) is 2.33. The topological polar surface area (TPSA) is 29.3 Å². The van der Waals surface area contributed by atoms with Crippen molar-refractivity contribution in [3.8, 4) is 0 Å². The van der Waals surface area contributed by atoms with Crippen LogP contribution in [0.1, 0.15) is 44.4 Å². The van der Waals surface area contributed by atoms with E-state index in [-0.39, 0.29) is 17.0 Å². The van der Waals surface area contributed by atoms with Crippen molar-refractivity contribution >= 4 is 0 Å². The molecule has 0 spiro atoms. The Morgan fingerprint density at radius 2 is 1.79 bits per heavy atom. The summed E-state index contributed by atoms with van der Waals surface area (Å²) in [6.45, 7) is 7.71. The Labute approximate surface area is 114 Å². The zero-order valence-corrected chi connectivity index (χ0v) is 12.2. The molecule has 0 aromatic heterocycles. The minimum absolute atomic E-state index is 0.0297. The second kappa shape index (κ2) is 6.44. The van der Waals surface area contributed by atoms with Crippen molar-refractivity contribution in [3.05, 3.63) is 35.4 Å². The van der Waals surface area contributed by atoms with Gasteiger partial charge in [-0.15, -0.1) is 0 Å². The average molecular weight is 270 g/mol. The summed E-state index contributed by atoms with van der Waals surface area (Å²) in [5.41, 5.74) is 6.87. The number of rotatable bonds is 5. The van der Waals surface area contributed by atoms with E-state index >= 15 is 0 Å². The summed E-state index contributed by atoms with van der Waals surface area (Å²) in [5.74, 6) is 0. The molecule has 108 valence electrons. The number of alkyl halides is 2. The largest absolute Gasteiger partial charge is 0.329 e. The molecule has 0 aliphatic heterocycles. The van der Waals surface area contributed by atoms with Gasteiger partial charge in [-0.2, -0.15) is 0 Å². The van der Waals surface area contributed by atoms with E-state index in [1.807, 2.05) is 13.1 Å². The van der Waals surface area contributed by atoms with Crippen LogP contribution in [0.4, 0.5) is 8.78 Å². The molecule has 19 heavy (non-hydrogen) atoms. The number of benzene rings is 1. The van der Waals surface area contributed by atoms with Gasteiger partial charge >= 0.3 is 0 Å². The van der Waals surface area contributed by atoms with Crippen LogP contribution in [0, 0.1) is 5.41 Å². The number of nitrogens with two attached hydrogens (primary N) is 1. The lowest BCUT2D eigenvalue weighted by Crippen LogP contribution is -2.36. The predicted octanol–water partition coefficient (Wildman–Crippen LogP) is 3.60. The van der Waals surface area contributed by atoms with E-state index < -0.39 is 6.43 Å². The molecule has 1 unspecified atom stereocenters. The van der Waals surface area contributed by atoms with Gasteiger partial charge in [0.25, 0.3) is 6.43 Å². The van der Waals surface area contributed by atoms with Crippen molar-refractivity contribution < 1.29 is 8.78 Å². The summed E-state index contributed by atoms with van der Waals surface area (Å²) in [6.07, 6.45) is -2.44. The summed E-state index contributed by atoms with van der Waals surface area (Å²) >= 11 is 0. The molecule has 2 nitrogen and oxygen atoms in total. The highest BCUT2D eigenvalue weighted by atomic mass is 19.3. The second-order valence-corrected chi connectivity index (χ2v) is 6.20. The molecule has 2 N–H and O–H groups in total. The number of likely N-dealkylation sites (N-methyl/N-ethyl adjacent to an activating group) is 1. The fraction of sp³-hybridized carbons (Fsp3) is 0.600. The maximum Gasteiger partial charge on any atom is 0.263 e. The second-order valence-electron chi connectivity index (χ2n) is 6.20. The minimum atomic E-state index is -2.44. The van der Waals surface area contributed by atoms with Gasteiger partial charge in [-0.05, 0) is 24.1 Å². The Kier molecular flexibility index (Phi) is 5.44. The molecule has 4 heteroatoms. The summed E-state index contributed by atoms with van der Waals surface area (Å²) in [5, 5.41) is 0. The first-order valence-electron chi connectivity index (χ1n) is 6.53. The maximum absolute atomic E-state index is 12.7. The highest BCUT2D eigenvalue weighted by Crippen LogP contribution is 2.26. The standard InChI is InChI=1S/C15H24F2N2/c1-15(2,3)10-19(4)13(9-18)11-6-5-7-12(8-11)14(16)17/h5-8,13-14H,9-10,18H2,1-4H3. The van der Waals surface area contributed by atoms with Crippen molar-refractivity contribution in [3.63, 3.8) is 0 Å². The van der Waals surface area contributed by atoms with Crippen molar-refractivity contribution in [2.45, 2.75) is 33.2 Å². The Balaban J connectivity index is 2.93. The number of halogens is 2. The molecule has 0 aliphatic rings. The minimum Gasteiger partial charge on any atom is -0.329 e. The van der Waals surface area contributed by atoms with E-state index in [2.05, 4.69) is 25.7 Å². The smallest absolute Gasteiger partial charge is 0.263 e. The molecule has 0 heterocycles. The Morgan fingerprint density at radius 3 is 2.26 bits per heavy atom. The SMILES string of the molecule is CN(CC(C)(C)C)C(CN)c1cccc(C(F)F)c1. The van der Waals surface area contributed by atoms with Gasteiger partial charge in [0.15, 0.2) is 0 Å². The van der Waals surface area contributed by atoms with Crippen LogP contribution in [-0.4, -0.2) is 25.0 Å². The summed E-state index contributed by atoms with van der Waals surface area (Å²) < 4.78 is 25.5. The predicted molar refractivity (Wildman–Crippen MR) is 75.3 cm³/mol.